The number of hydrogen-bond acceptors (Lipinski definition) is 1. The summed E-state index contributed by atoms with van der Waals surface area (Å²) in [7, 11) is 0. The summed E-state index contributed by atoms with van der Waals surface area (Å²) in [6.07, 6.45) is 5.67. The number of nitrogens with zero attached hydrogens (tertiary/aromatic N) is 1. The average molecular weight is 165 g/mol. The predicted octanol–water partition coefficient (Wildman–Crippen LogP) is 3.23. The van der Waals surface area contributed by atoms with Crippen molar-refractivity contribution in [2.45, 2.75) is 33.7 Å². The van der Waals surface area contributed by atoms with Gasteiger partial charge in [-0.05, 0) is 25.8 Å². The molecule has 0 aromatic carbocycles. The van der Waals surface area contributed by atoms with Gasteiger partial charge in [0.2, 0.25) is 0 Å². The molecule has 0 aromatic heterocycles. The minimum atomic E-state index is 0.402. The van der Waals surface area contributed by atoms with E-state index in [1.165, 1.54) is 0 Å². The van der Waals surface area contributed by atoms with E-state index in [-0.39, 0.29) is 0 Å². The second kappa shape index (κ2) is 5.76. The molecule has 0 N–H and O–H groups in total. The highest BCUT2D eigenvalue weighted by molar-refractivity contribution is 5.72. The molecule has 0 heterocycles. The maximum absolute atomic E-state index is 4.36. The molecule has 0 saturated carbocycles. The number of allylic oxidation sites excluding steroid dienone is 3. The van der Waals surface area contributed by atoms with Gasteiger partial charge in [-0.2, -0.15) is 0 Å². The fraction of sp³-hybridized carbons (Fsp3) is 0.545. The lowest BCUT2D eigenvalue weighted by atomic mass is 10.1. The number of hydrogen-bond donors (Lipinski definition) is 0. The van der Waals surface area contributed by atoms with Gasteiger partial charge < -0.3 is 0 Å². The molecule has 0 bridgehead atoms. The first-order chi connectivity index (χ1) is 5.57. The lowest BCUT2D eigenvalue weighted by Gasteiger charge is -2.08. The fourth-order valence-corrected chi connectivity index (χ4v) is 0.537. The first-order valence-corrected chi connectivity index (χ1v) is 4.40. The van der Waals surface area contributed by atoms with E-state index in [9.17, 15) is 0 Å². The van der Waals surface area contributed by atoms with Crippen LogP contribution in [0.1, 0.15) is 27.7 Å². The molecule has 0 aliphatic carbocycles. The number of aliphatic imine (C=N–C) groups is 1. The van der Waals surface area contributed by atoms with Gasteiger partial charge in [0.05, 0.1) is 0 Å². The molecular formula is C11H19N. The molecule has 68 valence electrons. The van der Waals surface area contributed by atoms with Crippen molar-refractivity contribution in [3.63, 3.8) is 0 Å². The van der Waals surface area contributed by atoms with Gasteiger partial charge in [0, 0.05) is 12.3 Å². The van der Waals surface area contributed by atoms with Crippen LogP contribution < -0.4 is 0 Å². The summed E-state index contributed by atoms with van der Waals surface area (Å²) < 4.78 is 0. The summed E-state index contributed by atoms with van der Waals surface area (Å²) in [5.74, 6) is 0.610. The van der Waals surface area contributed by atoms with Crippen LogP contribution in [-0.4, -0.2) is 12.3 Å². The van der Waals surface area contributed by atoms with Gasteiger partial charge in [-0.15, -0.1) is 0 Å². The van der Waals surface area contributed by atoms with Gasteiger partial charge in [-0.3, -0.25) is 4.99 Å². The van der Waals surface area contributed by atoms with Gasteiger partial charge in [-0.25, -0.2) is 0 Å². The zero-order chi connectivity index (χ0) is 9.56. The quantitative estimate of drug-likeness (QED) is 0.448. The Hall–Kier alpha value is -0.850. The van der Waals surface area contributed by atoms with Crippen LogP contribution in [0, 0.1) is 5.92 Å². The predicted molar refractivity (Wildman–Crippen MR) is 56.7 cm³/mol. The van der Waals surface area contributed by atoms with Crippen molar-refractivity contribution < 1.29 is 0 Å². The Kier molecular flexibility index (Phi) is 5.35. The molecule has 0 fully saturated rings. The molecule has 0 aliphatic rings. The van der Waals surface area contributed by atoms with E-state index in [2.05, 4.69) is 32.3 Å². The molecule has 0 spiro atoms. The first-order valence-electron chi connectivity index (χ1n) is 4.40. The minimum absolute atomic E-state index is 0.402. The Morgan fingerprint density at radius 3 is 2.33 bits per heavy atom. The summed E-state index contributed by atoms with van der Waals surface area (Å²) in [5, 5.41) is 0. The minimum Gasteiger partial charge on any atom is -0.290 e. The summed E-state index contributed by atoms with van der Waals surface area (Å²) in [5.41, 5.74) is 1.15. The zero-order valence-electron chi connectivity index (χ0n) is 8.54. The van der Waals surface area contributed by atoms with Crippen LogP contribution in [0.2, 0.25) is 0 Å². The summed E-state index contributed by atoms with van der Waals surface area (Å²) in [6, 6.07) is 0.402. The first kappa shape index (κ1) is 11.2. The van der Waals surface area contributed by atoms with Crippen LogP contribution >= 0.6 is 0 Å². The molecule has 0 aliphatic heterocycles. The third-order valence-electron chi connectivity index (χ3n) is 1.95. The molecule has 0 amide bonds. The van der Waals surface area contributed by atoms with E-state index in [0.717, 1.165) is 5.57 Å². The lowest BCUT2D eigenvalue weighted by Crippen LogP contribution is -2.06. The van der Waals surface area contributed by atoms with Gasteiger partial charge in [0.15, 0.2) is 0 Å². The fourth-order valence-electron chi connectivity index (χ4n) is 0.537. The molecular weight excluding hydrogens is 146 g/mol. The average Bonchev–Trinajstić information content (AvgIpc) is 2.03. The molecule has 1 heteroatoms. The Balaban J connectivity index is 3.99. The summed E-state index contributed by atoms with van der Waals surface area (Å²) in [6.45, 7) is 12.1. The van der Waals surface area contributed by atoms with E-state index in [4.69, 9.17) is 0 Å². The maximum atomic E-state index is 4.36. The van der Waals surface area contributed by atoms with Crippen molar-refractivity contribution in [3.05, 3.63) is 24.3 Å². The molecule has 1 nitrogen and oxygen atoms in total. The van der Waals surface area contributed by atoms with Crippen LogP contribution in [0.4, 0.5) is 0 Å². The second-order valence-electron chi connectivity index (χ2n) is 3.40. The number of rotatable bonds is 4. The molecule has 0 saturated heterocycles. The van der Waals surface area contributed by atoms with E-state index in [0.29, 0.717) is 12.0 Å². The Bertz CT molecular complexity index is 187. The van der Waals surface area contributed by atoms with E-state index < -0.39 is 0 Å². The maximum Gasteiger partial charge on any atom is 0.0494 e. The van der Waals surface area contributed by atoms with Gasteiger partial charge >= 0.3 is 0 Å². The van der Waals surface area contributed by atoms with Crippen molar-refractivity contribution in [1.29, 1.82) is 0 Å². The Labute approximate surface area is 75.9 Å². The highest BCUT2D eigenvalue weighted by Crippen LogP contribution is 2.03. The van der Waals surface area contributed by atoms with Crippen molar-refractivity contribution in [1.82, 2.24) is 0 Å². The Morgan fingerprint density at radius 2 is 1.92 bits per heavy atom. The highest BCUT2D eigenvalue weighted by Gasteiger charge is 2.01. The SMILES string of the molecule is C=C/C(C)=C/C=NC(C)C(C)C. The molecule has 12 heavy (non-hydrogen) atoms. The van der Waals surface area contributed by atoms with Crippen molar-refractivity contribution in [2.24, 2.45) is 10.9 Å². The molecule has 0 radical (unpaired) electrons. The third-order valence-corrected chi connectivity index (χ3v) is 1.95. The van der Waals surface area contributed by atoms with E-state index in [1.807, 2.05) is 25.3 Å². The highest BCUT2D eigenvalue weighted by atomic mass is 14.8. The molecule has 0 rings (SSSR count). The monoisotopic (exact) mass is 165 g/mol. The van der Waals surface area contributed by atoms with Crippen molar-refractivity contribution >= 4 is 6.21 Å². The zero-order valence-corrected chi connectivity index (χ0v) is 8.54. The third kappa shape index (κ3) is 4.89. The standard InChI is InChI=1S/C11H19N/c1-6-10(4)7-8-12-11(5)9(2)3/h6-9,11H,1H2,2-5H3/b10-7+,12-8?. The smallest absolute Gasteiger partial charge is 0.0494 e. The van der Waals surface area contributed by atoms with Crippen LogP contribution in [0.25, 0.3) is 0 Å². The van der Waals surface area contributed by atoms with Gasteiger partial charge in [0.25, 0.3) is 0 Å². The molecule has 0 aromatic rings. The van der Waals surface area contributed by atoms with Crippen molar-refractivity contribution in [3.8, 4) is 0 Å². The van der Waals surface area contributed by atoms with Gasteiger partial charge in [-0.1, -0.05) is 32.1 Å². The van der Waals surface area contributed by atoms with Crippen LogP contribution in [0.3, 0.4) is 0 Å². The summed E-state index contributed by atoms with van der Waals surface area (Å²) in [4.78, 5) is 4.36. The van der Waals surface area contributed by atoms with Crippen LogP contribution in [0.5, 0.6) is 0 Å². The molecule has 1 atom stereocenters. The van der Waals surface area contributed by atoms with Gasteiger partial charge in [0.1, 0.15) is 0 Å². The second-order valence-corrected chi connectivity index (χ2v) is 3.40. The largest absolute Gasteiger partial charge is 0.290 e. The van der Waals surface area contributed by atoms with Crippen LogP contribution in [0.15, 0.2) is 29.3 Å². The topological polar surface area (TPSA) is 12.4 Å². The Morgan fingerprint density at radius 1 is 1.33 bits per heavy atom. The van der Waals surface area contributed by atoms with E-state index in [1.54, 1.807) is 0 Å². The summed E-state index contributed by atoms with van der Waals surface area (Å²) >= 11 is 0. The van der Waals surface area contributed by atoms with Crippen molar-refractivity contribution in [2.75, 3.05) is 0 Å². The normalized spacial score (nSPS) is 15.6. The van der Waals surface area contributed by atoms with E-state index >= 15 is 0 Å². The molecule has 1 unspecified atom stereocenters. The lowest BCUT2D eigenvalue weighted by molar-refractivity contribution is 0.533. The van der Waals surface area contributed by atoms with Crippen LogP contribution in [-0.2, 0) is 0 Å².